The first-order valence-electron chi connectivity index (χ1n) is 4.54. The Morgan fingerprint density at radius 3 is 2.57 bits per heavy atom. The fraction of sp³-hybridized carbons (Fsp3) is 0.333. The first-order chi connectivity index (χ1) is 6.76. The molecule has 2 heteroatoms. The highest BCUT2D eigenvalue weighted by molar-refractivity contribution is 5.33. The zero-order chi connectivity index (χ0) is 10.4. The van der Waals surface area contributed by atoms with E-state index in [9.17, 15) is 0 Å². The molecule has 74 valence electrons. The van der Waals surface area contributed by atoms with Gasteiger partial charge in [-0.15, -0.1) is 6.42 Å². The molecular formula is C12H14O2. The summed E-state index contributed by atoms with van der Waals surface area (Å²) in [6.07, 6.45) is 5.11. The van der Waals surface area contributed by atoms with Gasteiger partial charge in [0.2, 0.25) is 0 Å². The van der Waals surface area contributed by atoms with Gasteiger partial charge in [-0.2, -0.15) is 0 Å². The van der Waals surface area contributed by atoms with Gasteiger partial charge in [0, 0.05) is 5.56 Å². The average molecular weight is 190 g/mol. The van der Waals surface area contributed by atoms with Crippen molar-refractivity contribution in [2.24, 2.45) is 0 Å². The normalized spacial score (nSPS) is 12.1. The number of ether oxygens (including phenoxy) is 1. The molecule has 0 saturated heterocycles. The van der Waals surface area contributed by atoms with Crippen LogP contribution in [-0.2, 0) is 11.3 Å². The standard InChI is InChI=1S/C12H14O2/c1-3-11-4-6-12(7-5-11)9-14-10(2)8-13/h1,4-7,10,13H,8-9H2,2H3. The van der Waals surface area contributed by atoms with Crippen LogP contribution < -0.4 is 0 Å². The quantitative estimate of drug-likeness (QED) is 0.730. The lowest BCUT2D eigenvalue weighted by atomic mass is 10.1. The Kier molecular flexibility index (Phi) is 4.18. The van der Waals surface area contributed by atoms with Crippen LogP contribution in [0.3, 0.4) is 0 Å². The maximum absolute atomic E-state index is 8.74. The van der Waals surface area contributed by atoms with Crippen molar-refractivity contribution in [3.8, 4) is 12.3 Å². The van der Waals surface area contributed by atoms with E-state index in [2.05, 4.69) is 5.92 Å². The lowest BCUT2D eigenvalue weighted by Gasteiger charge is -2.09. The van der Waals surface area contributed by atoms with Crippen molar-refractivity contribution in [3.05, 3.63) is 35.4 Å². The molecular weight excluding hydrogens is 176 g/mol. The molecule has 0 spiro atoms. The smallest absolute Gasteiger partial charge is 0.0782 e. The lowest BCUT2D eigenvalue weighted by Crippen LogP contribution is -2.12. The van der Waals surface area contributed by atoms with Crippen molar-refractivity contribution in [1.82, 2.24) is 0 Å². The zero-order valence-corrected chi connectivity index (χ0v) is 8.23. The molecule has 0 radical (unpaired) electrons. The molecule has 0 aliphatic rings. The number of terminal acetylenes is 1. The van der Waals surface area contributed by atoms with E-state index >= 15 is 0 Å². The Hall–Kier alpha value is -1.30. The third-order valence-electron chi connectivity index (χ3n) is 1.91. The van der Waals surface area contributed by atoms with Crippen LogP contribution in [0.5, 0.6) is 0 Å². The third kappa shape index (κ3) is 3.21. The largest absolute Gasteiger partial charge is 0.394 e. The summed E-state index contributed by atoms with van der Waals surface area (Å²) in [5.74, 6) is 2.55. The number of aliphatic hydroxyl groups is 1. The summed E-state index contributed by atoms with van der Waals surface area (Å²) in [7, 11) is 0. The molecule has 14 heavy (non-hydrogen) atoms. The molecule has 0 saturated carbocycles. The van der Waals surface area contributed by atoms with E-state index < -0.39 is 0 Å². The first kappa shape index (κ1) is 10.8. The number of aliphatic hydroxyl groups excluding tert-OH is 1. The highest BCUT2D eigenvalue weighted by Crippen LogP contribution is 2.05. The molecule has 0 aromatic heterocycles. The number of benzene rings is 1. The van der Waals surface area contributed by atoms with E-state index in [1.54, 1.807) is 0 Å². The van der Waals surface area contributed by atoms with Crippen LogP contribution in [0.25, 0.3) is 0 Å². The molecule has 0 amide bonds. The summed E-state index contributed by atoms with van der Waals surface area (Å²) in [6.45, 7) is 2.38. The average Bonchev–Trinajstić information content (AvgIpc) is 2.26. The summed E-state index contributed by atoms with van der Waals surface area (Å²) in [4.78, 5) is 0. The third-order valence-corrected chi connectivity index (χ3v) is 1.91. The maximum Gasteiger partial charge on any atom is 0.0782 e. The molecule has 0 aliphatic carbocycles. The molecule has 0 fully saturated rings. The van der Waals surface area contributed by atoms with Gasteiger partial charge in [0.15, 0.2) is 0 Å². The fourth-order valence-corrected chi connectivity index (χ4v) is 0.988. The SMILES string of the molecule is C#Cc1ccc(COC(C)CO)cc1. The monoisotopic (exact) mass is 190 g/mol. The van der Waals surface area contributed by atoms with Crippen molar-refractivity contribution < 1.29 is 9.84 Å². The van der Waals surface area contributed by atoms with E-state index in [4.69, 9.17) is 16.3 Å². The van der Waals surface area contributed by atoms with Crippen molar-refractivity contribution in [2.75, 3.05) is 6.61 Å². The van der Waals surface area contributed by atoms with Crippen molar-refractivity contribution in [2.45, 2.75) is 19.6 Å². The number of hydrogen-bond donors (Lipinski definition) is 1. The van der Waals surface area contributed by atoms with Gasteiger partial charge in [0.05, 0.1) is 19.3 Å². The minimum absolute atomic E-state index is 0.0441. The molecule has 0 heterocycles. The van der Waals surface area contributed by atoms with Crippen molar-refractivity contribution in [1.29, 1.82) is 0 Å². The molecule has 1 aromatic carbocycles. The van der Waals surface area contributed by atoms with Gasteiger partial charge >= 0.3 is 0 Å². The van der Waals surface area contributed by atoms with Gasteiger partial charge in [-0.1, -0.05) is 18.1 Å². The highest BCUT2D eigenvalue weighted by Gasteiger charge is 1.99. The van der Waals surface area contributed by atoms with Crippen molar-refractivity contribution in [3.63, 3.8) is 0 Å². The fourth-order valence-electron chi connectivity index (χ4n) is 0.988. The van der Waals surface area contributed by atoms with E-state index in [0.717, 1.165) is 11.1 Å². The second-order valence-corrected chi connectivity index (χ2v) is 3.15. The van der Waals surface area contributed by atoms with Crippen LogP contribution in [0.2, 0.25) is 0 Å². The first-order valence-corrected chi connectivity index (χ1v) is 4.54. The highest BCUT2D eigenvalue weighted by atomic mass is 16.5. The molecule has 1 rings (SSSR count). The second-order valence-electron chi connectivity index (χ2n) is 3.15. The van der Waals surface area contributed by atoms with E-state index in [1.807, 2.05) is 31.2 Å². The zero-order valence-electron chi connectivity index (χ0n) is 8.23. The van der Waals surface area contributed by atoms with Gasteiger partial charge in [-0.3, -0.25) is 0 Å². The Balaban J connectivity index is 2.49. The summed E-state index contributed by atoms with van der Waals surface area (Å²) >= 11 is 0. The lowest BCUT2D eigenvalue weighted by molar-refractivity contribution is 0.0145. The Bertz CT molecular complexity index is 308. The molecule has 0 aliphatic heterocycles. The molecule has 1 aromatic rings. The van der Waals surface area contributed by atoms with Crippen LogP contribution in [-0.4, -0.2) is 17.8 Å². The van der Waals surface area contributed by atoms with Crippen LogP contribution >= 0.6 is 0 Å². The minimum atomic E-state index is -0.123. The van der Waals surface area contributed by atoms with E-state index in [0.29, 0.717) is 6.61 Å². The summed E-state index contributed by atoms with van der Waals surface area (Å²) < 4.78 is 5.35. The Morgan fingerprint density at radius 1 is 1.43 bits per heavy atom. The maximum atomic E-state index is 8.74. The van der Waals surface area contributed by atoms with E-state index in [-0.39, 0.29) is 12.7 Å². The van der Waals surface area contributed by atoms with Crippen molar-refractivity contribution >= 4 is 0 Å². The minimum Gasteiger partial charge on any atom is -0.394 e. The molecule has 1 unspecified atom stereocenters. The van der Waals surface area contributed by atoms with Crippen LogP contribution in [0.4, 0.5) is 0 Å². The molecule has 1 atom stereocenters. The summed E-state index contributed by atoms with van der Waals surface area (Å²) in [6, 6.07) is 7.61. The van der Waals surface area contributed by atoms with E-state index in [1.165, 1.54) is 0 Å². The second kappa shape index (κ2) is 5.43. The molecule has 1 N–H and O–H groups in total. The number of rotatable bonds is 4. The predicted octanol–water partition coefficient (Wildman–Crippen LogP) is 1.57. The van der Waals surface area contributed by atoms with Gasteiger partial charge < -0.3 is 9.84 Å². The van der Waals surface area contributed by atoms with Gasteiger partial charge in [-0.25, -0.2) is 0 Å². The van der Waals surface area contributed by atoms with Gasteiger partial charge in [0.25, 0.3) is 0 Å². The van der Waals surface area contributed by atoms with Crippen LogP contribution in [0, 0.1) is 12.3 Å². The van der Waals surface area contributed by atoms with Crippen LogP contribution in [0.15, 0.2) is 24.3 Å². The van der Waals surface area contributed by atoms with Gasteiger partial charge in [0.1, 0.15) is 0 Å². The summed E-state index contributed by atoms with van der Waals surface area (Å²) in [5, 5.41) is 8.74. The Labute approximate surface area is 84.5 Å². The summed E-state index contributed by atoms with van der Waals surface area (Å²) in [5.41, 5.74) is 1.92. The van der Waals surface area contributed by atoms with Crippen LogP contribution in [0.1, 0.15) is 18.1 Å². The molecule has 0 bridgehead atoms. The predicted molar refractivity (Wildman–Crippen MR) is 55.7 cm³/mol. The molecule has 2 nitrogen and oxygen atoms in total. The Morgan fingerprint density at radius 2 is 2.07 bits per heavy atom. The topological polar surface area (TPSA) is 29.5 Å². The number of hydrogen-bond acceptors (Lipinski definition) is 2. The van der Waals surface area contributed by atoms with Gasteiger partial charge in [-0.05, 0) is 24.6 Å².